The summed E-state index contributed by atoms with van der Waals surface area (Å²) in [6, 6.07) is 11.0. The van der Waals surface area contributed by atoms with E-state index < -0.39 is 5.97 Å². The van der Waals surface area contributed by atoms with Gasteiger partial charge in [-0.25, -0.2) is 4.79 Å². The number of aromatic hydroxyl groups is 1. The normalized spacial score (nSPS) is 10.7. The second-order valence-corrected chi connectivity index (χ2v) is 4.65. The van der Waals surface area contributed by atoms with Gasteiger partial charge in [0.2, 0.25) is 0 Å². The lowest BCUT2D eigenvalue weighted by Crippen LogP contribution is -1.96. The number of phenolic OH excluding ortho intramolecular Hbond substituents is 1. The van der Waals surface area contributed by atoms with Gasteiger partial charge in [-0.1, -0.05) is 24.3 Å². The molecule has 2 rings (SSSR count). The lowest BCUT2D eigenvalue weighted by atomic mass is 10.1. The van der Waals surface area contributed by atoms with E-state index in [2.05, 4.69) is 0 Å². The zero-order valence-corrected chi connectivity index (χ0v) is 11.4. The lowest BCUT2D eigenvalue weighted by molar-refractivity contribution is 0.0696. The highest BCUT2D eigenvalue weighted by molar-refractivity contribution is 6.08. The quantitative estimate of drug-likeness (QED) is 0.666. The van der Waals surface area contributed by atoms with E-state index in [9.17, 15) is 14.7 Å². The predicted octanol–water partition coefficient (Wildman–Crippen LogP) is 3.29. The molecule has 0 spiro atoms. The zero-order valence-electron chi connectivity index (χ0n) is 11.4. The van der Waals surface area contributed by atoms with Crippen LogP contribution in [-0.2, 0) is 0 Å². The third kappa shape index (κ3) is 3.57. The van der Waals surface area contributed by atoms with Crippen LogP contribution in [-0.4, -0.2) is 22.0 Å². The van der Waals surface area contributed by atoms with Crippen LogP contribution in [0.25, 0.3) is 6.08 Å². The summed E-state index contributed by atoms with van der Waals surface area (Å²) in [5.74, 6) is -1.35. The maximum atomic E-state index is 12.0. The highest BCUT2D eigenvalue weighted by Crippen LogP contribution is 2.19. The van der Waals surface area contributed by atoms with Crippen molar-refractivity contribution in [2.45, 2.75) is 6.92 Å². The molecular formula is C17H14O4. The Labute approximate surface area is 122 Å². The van der Waals surface area contributed by atoms with Crippen LogP contribution in [0.3, 0.4) is 0 Å². The Morgan fingerprint density at radius 3 is 2.29 bits per heavy atom. The first-order valence-electron chi connectivity index (χ1n) is 6.33. The molecule has 0 atom stereocenters. The van der Waals surface area contributed by atoms with Crippen LogP contribution in [0.15, 0.2) is 48.5 Å². The fraction of sp³-hybridized carbons (Fsp3) is 0.0588. The van der Waals surface area contributed by atoms with Crippen molar-refractivity contribution in [2.75, 3.05) is 0 Å². The van der Waals surface area contributed by atoms with Crippen LogP contribution in [0.4, 0.5) is 0 Å². The number of carboxylic acid groups (broad SMARTS) is 1. The molecule has 0 saturated carbocycles. The van der Waals surface area contributed by atoms with E-state index in [1.54, 1.807) is 30.3 Å². The third-order valence-corrected chi connectivity index (χ3v) is 3.00. The van der Waals surface area contributed by atoms with Gasteiger partial charge in [0.05, 0.1) is 11.1 Å². The number of allylic oxidation sites excluding steroid dienone is 1. The van der Waals surface area contributed by atoms with Crippen molar-refractivity contribution >= 4 is 17.8 Å². The summed E-state index contributed by atoms with van der Waals surface area (Å²) in [5, 5.41) is 18.5. The van der Waals surface area contributed by atoms with E-state index >= 15 is 0 Å². The molecule has 4 heteroatoms. The van der Waals surface area contributed by atoms with Crippen LogP contribution >= 0.6 is 0 Å². The molecule has 0 aromatic heterocycles. The summed E-state index contributed by atoms with van der Waals surface area (Å²) in [4.78, 5) is 22.7. The average molecular weight is 282 g/mol. The highest BCUT2D eigenvalue weighted by Gasteiger charge is 2.08. The second-order valence-electron chi connectivity index (χ2n) is 4.65. The largest absolute Gasteiger partial charge is 0.507 e. The van der Waals surface area contributed by atoms with Crippen molar-refractivity contribution in [3.05, 3.63) is 70.8 Å². The van der Waals surface area contributed by atoms with Crippen LogP contribution in [0.5, 0.6) is 5.75 Å². The zero-order chi connectivity index (χ0) is 15.4. The van der Waals surface area contributed by atoms with Crippen molar-refractivity contribution in [1.82, 2.24) is 0 Å². The minimum absolute atomic E-state index is 0.0501. The molecule has 0 radical (unpaired) electrons. The first-order chi connectivity index (χ1) is 9.97. The van der Waals surface area contributed by atoms with E-state index in [0.717, 1.165) is 5.56 Å². The molecule has 0 fully saturated rings. The number of phenols is 1. The predicted molar refractivity (Wildman–Crippen MR) is 79.6 cm³/mol. The van der Waals surface area contributed by atoms with Crippen molar-refractivity contribution in [1.29, 1.82) is 0 Å². The van der Waals surface area contributed by atoms with Crippen LogP contribution in [0.2, 0.25) is 0 Å². The fourth-order valence-electron chi connectivity index (χ4n) is 1.85. The van der Waals surface area contributed by atoms with E-state index in [4.69, 9.17) is 5.11 Å². The monoisotopic (exact) mass is 282 g/mol. The molecule has 0 unspecified atom stereocenters. The molecule has 21 heavy (non-hydrogen) atoms. The molecule has 0 heterocycles. The van der Waals surface area contributed by atoms with E-state index in [-0.39, 0.29) is 22.7 Å². The van der Waals surface area contributed by atoms with Crippen molar-refractivity contribution < 1.29 is 19.8 Å². The number of rotatable bonds is 4. The first kappa shape index (κ1) is 14.5. The summed E-state index contributed by atoms with van der Waals surface area (Å²) in [6.45, 7) is 1.83. The number of ketones is 1. The summed E-state index contributed by atoms with van der Waals surface area (Å²) < 4.78 is 0. The van der Waals surface area contributed by atoms with Gasteiger partial charge in [0.15, 0.2) is 5.78 Å². The molecule has 0 saturated heterocycles. The van der Waals surface area contributed by atoms with Gasteiger partial charge in [0, 0.05) is 0 Å². The topological polar surface area (TPSA) is 74.6 Å². The maximum Gasteiger partial charge on any atom is 0.335 e. The number of carboxylic acids is 1. The Balaban J connectivity index is 2.16. The molecule has 0 bridgehead atoms. The molecule has 2 aromatic carbocycles. The molecule has 0 aliphatic rings. The summed E-state index contributed by atoms with van der Waals surface area (Å²) in [5.41, 5.74) is 2.01. The Kier molecular flexibility index (Phi) is 4.18. The number of hydrogen-bond acceptors (Lipinski definition) is 3. The lowest BCUT2D eigenvalue weighted by Gasteiger charge is -2.01. The molecule has 0 amide bonds. The minimum Gasteiger partial charge on any atom is -0.507 e. The molecule has 106 valence electrons. The Morgan fingerprint density at radius 1 is 1.05 bits per heavy atom. The highest BCUT2D eigenvalue weighted by atomic mass is 16.4. The number of carbonyl (C=O) groups is 2. The van der Waals surface area contributed by atoms with Gasteiger partial charge >= 0.3 is 5.97 Å². The Hall–Kier alpha value is -2.88. The summed E-state index contributed by atoms with van der Waals surface area (Å²) in [6.07, 6.45) is 2.92. The van der Waals surface area contributed by atoms with Crippen molar-refractivity contribution in [3.8, 4) is 5.75 Å². The van der Waals surface area contributed by atoms with E-state index in [0.29, 0.717) is 5.56 Å². The van der Waals surface area contributed by atoms with Crippen molar-refractivity contribution in [2.24, 2.45) is 0 Å². The fourth-order valence-corrected chi connectivity index (χ4v) is 1.85. The van der Waals surface area contributed by atoms with E-state index in [1.807, 2.05) is 6.92 Å². The number of hydrogen-bond donors (Lipinski definition) is 2. The van der Waals surface area contributed by atoms with Gasteiger partial charge < -0.3 is 10.2 Å². The van der Waals surface area contributed by atoms with E-state index in [1.165, 1.54) is 24.3 Å². The maximum absolute atomic E-state index is 12.0. The van der Waals surface area contributed by atoms with Crippen LogP contribution in [0, 0.1) is 6.92 Å². The van der Waals surface area contributed by atoms with Gasteiger partial charge in [-0.05, 0) is 48.4 Å². The second kappa shape index (κ2) is 6.05. The molecule has 4 nitrogen and oxygen atoms in total. The Morgan fingerprint density at radius 2 is 1.71 bits per heavy atom. The summed E-state index contributed by atoms with van der Waals surface area (Å²) in [7, 11) is 0. The molecule has 0 aliphatic carbocycles. The van der Waals surface area contributed by atoms with Crippen molar-refractivity contribution in [3.63, 3.8) is 0 Å². The van der Waals surface area contributed by atoms with Gasteiger partial charge in [0.25, 0.3) is 0 Å². The molecule has 2 N–H and O–H groups in total. The third-order valence-electron chi connectivity index (χ3n) is 3.00. The average Bonchev–Trinajstić information content (AvgIpc) is 2.45. The van der Waals surface area contributed by atoms with Crippen LogP contribution in [0.1, 0.15) is 31.8 Å². The number of aromatic carboxylic acids is 1. The molecular weight excluding hydrogens is 268 g/mol. The smallest absolute Gasteiger partial charge is 0.335 e. The van der Waals surface area contributed by atoms with Gasteiger partial charge in [0.1, 0.15) is 5.75 Å². The van der Waals surface area contributed by atoms with Gasteiger partial charge in [-0.2, -0.15) is 0 Å². The number of aryl methyl sites for hydroxylation is 1. The number of benzene rings is 2. The van der Waals surface area contributed by atoms with Crippen LogP contribution < -0.4 is 0 Å². The summed E-state index contributed by atoms with van der Waals surface area (Å²) >= 11 is 0. The van der Waals surface area contributed by atoms with Gasteiger partial charge in [-0.3, -0.25) is 4.79 Å². The SMILES string of the molecule is Cc1ccc(C(=O)/C=C/c2ccc(C(=O)O)cc2)c(O)c1. The molecule has 2 aromatic rings. The minimum atomic E-state index is -0.994. The first-order valence-corrected chi connectivity index (χ1v) is 6.33. The number of carbonyl (C=O) groups excluding carboxylic acids is 1. The standard InChI is InChI=1S/C17H14O4/c1-11-2-8-14(16(19)10-11)15(18)9-5-12-3-6-13(7-4-12)17(20)21/h2-10,19H,1H3,(H,20,21)/b9-5+. The molecule has 0 aliphatic heterocycles. The Bertz CT molecular complexity index is 712. The van der Waals surface area contributed by atoms with Gasteiger partial charge in [-0.15, -0.1) is 0 Å².